The molecular formula is C31H43NO6S. The molecule has 1 aromatic heterocycles. The summed E-state index contributed by atoms with van der Waals surface area (Å²) in [7, 11) is -3.51. The molecule has 8 heteroatoms. The van der Waals surface area contributed by atoms with Crippen LogP contribution in [-0.4, -0.2) is 59.8 Å². The summed E-state index contributed by atoms with van der Waals surface area (Å²) in [6.07, 6.45) is 9.22. The van der Waals surface area contributed by atoms with Crippen molar-refractivity contribution in [2.45, 2.75) is 89.8 Å². The van der Waals surface area contributed by atoms with Crippen molar-refractivity contribution in [3.05, 3.63) is 70.7 Å². The van der Waals surface area contributed by atoms with Gasteiger partial charge in [-0.2, -0.15) is 4.31 Å². The molecule has 4 unspecified atom stereocenters. The van der Waals surface area contributed by atoms with Crippen LogP contribution in [0.1, 0.15) is 98.9 Å². The topological polar surface area (TPSA) is 108 Å². The Morgan fingerprint density at radius 3 is 2.64 bits per heavy atom. The van der Waals surface area contributed by atoms with E-state index in [4.69, 9.17) is 4.42 Å². The van der Waals surface area contributed by atoms with Gasteiger partial charge in [0.25, 0.3) is 0 Å². The maximum Gasteiger partial charge on any atom is 0.228 e. The molecule has 1 aromatic carbocycles. The van der Waals surface area contributed by atoms with E-state index in [0.717, 1.165) is 17.5 Å². The summed E-state index contributed by atoms with van der Waals surface area (Å²) >= 11 is 0. The fourth-order valence-electron chi connectivity index (χ4n) is 6.64. The molecule has 7 nitrogen and oxygen atoms in total. The minimum atomic E-state index is -3.51. The Bertz CT molecular complexity index is 1300. The number of aliphatic hydroxyl groups excluding tert-OH is 1. The average Bonchev–Trinajstić information content (AvgIpc) is 3.49. The highest BCUT2D eigenvalue weighted by atomic mass is 32.2. The maximum atomic E-state index is 13.7. The molecule has 3 aliphatic carbocycles. The second-order valence-electron chi connectivity index (χ2n) is 11.9. The number of nitrogens with zero attached hydrogens (tertiary/aromatic N) is 1. The van der Waals surface area contributed by atoms with Crippen LogP contribution in [0.2, 0.25) is 0 Å². The summed E-state index contributed by atoms with van der Waals surface area (Å²) in [4.78, 5) is 13.7. The SMILES string of the molecule is CCCN(CC1(O)CCC2c3ccc(cc3C(=O)c3ccco3)CC(O)CCC(C)=CCCC21C)S(C)(=O)=O. The van der Waals surface area contributed by atoms with Gasteiger partial charge in [0, 0.05) is 24.1 Å². The number of fused-ring (bicyclic) bond motifs is 8. The highest BCUT2D eigenvalue weighted by Crippen LogP contribution is 2.59. The van der Waals surface area contributed by atoms with Crippen molar-refractivity contribution in [2.24, 2.45) is 5.41 Å². The van der Waals surface area contributed by atoms with Gasteiger partial charge in [0.15, 0.2) is 5.76 Å². The first-order valence-electron chi connectivity index (χ1n) is 14.1. The smallest absolute Gasteiger partial charge is 0.228 e. The van der Waals surface area contributed by atoms with E-state index in [1.165, 1.54) is 22.4 Å². The third-order valence-corrected chi connectivity index (χ3v) is 10.3. The third-order valence-electron chi connectivity index (χ3n) is 9.04. The van der Waals surface area contributed by atoms with Gasteiger partial charge in [-0.15, -0.1) is 0 Å². The lowest BCUT2D eigenvalue weighted by molar-refractivity contribution is -0.0723. The lowest BCUT2D eigenvalue weighted by Crippen LogP contribution is -2.53. The molecule has 214 valence electrons. The van der Waals surface area contributed by atoms with E-state index in [0.29, 0.717) is 57.1 Å². The highest BCUT2D eigenvalue weighted by Gasteiger charge is 2.57. The molecule has 2 N–H and O–H groups in total. The first-order valence-corrected chi connectivity index (χ1v) is 15.9. The van der Waals surface area contributed by atoms with Crippen molar-refractivity contribution in [1.82, 2.24) is 4.31 Å². The zero-order valence-corrected chi connectivity index (χ0v) is 24.5. The van der Waals surface area contributed by atoms with Gasteiger partial charge in [0.05, 0.1) is 24.2 Å². The summed E-state index contributed by atoms with van der Waals surface area (Å²) in [5.74, 6) is -0.152. The molecular weight excluding hydrogens is 514 g/mol. The molecule has 1 saturated carbocycles. The minimum absolute atomic E-state index is 0.0289. The van der Waals surface area contributed by atoms with E-state index in [1.807, 2.05) is 25.1 Å². The average molecular weight is 558 g/mol. The van der Waals surface area contributed by atoms with Crippen molar-refractivity contribution in [3.8, 4) is 0 Å². The Labute approximate surface area is 233 Å². The van der Waals surface area contributed by atoms with E-state index in [-0.39, 0.29) is 24.0 Å². The number of rotatable bonds is 7. The van der Waals surface area contributed by atoms with Gasteiger partial charge in [-0.05, 0) is 93.5 Å². The summed E-state index contributed by atoms with van der Waals surface area (Å²) in [6.45, 7) is 6.44. The fourth-order valence-corrected chi connectivity index (χ4v) is 7.60. The number of hydrogen-bond acceptors (Lipinski definition) is 6. The van der Waals surface area contributed by atoms with Crippen LogP contribution in [0.3, 0.4) is 0 Å². The van der Waals surface area contributed by atoms with Crippen LogP contribution in [0.25, 0.3) is 0 Å². The van der Waals surface area contributed by atoms with E-state index >= 15 is 0 Å². The van der Waals surface area contributed by atoms with E-state index in [1.54, 1.807) is 12.1 Å². The van der Waals surface area contributed by atoms with Gasteiger partial charge < -0.3 is 14.6 Å². The molecule has 0 aliphatic heterocycles. The molecule has 5 rings (SSSR count). The zero-order valence-electron chi connectivity index (χ0n) is 23.7. The van der Waals surface area contributed by atoms with Gasteiger partial charge >= 0.3 is 0 Å². The van der Waals surface area contributed by atoms with Gasteiger partial charge in [-0.25, -0.2) is 8.42 Å². The van der Waals surface area contributed by atoms with Crippen LogP contribution in [-0.2, 0) is 16.4 Å². The number of ketones is 1. The molecule has 0 amide bonds. The number of furan rings is 1. The molecule has 3 aliphatic rings. The van der Waals surface area contributed by atoms with Crippen LogP contribution in [0.15, 0.2) is 52.7 Å². The molecule has 0 saturated heterocycles. The molecule has 2 bridgehead atoms. The van der Waals surface area contributed by atoms with Crippen molar-refractivity contribution in [2.75, 3.05) is 19.3 Å². The fraction of sp³-hybridized carbons (Fsp3) is 0.581. The Morgan fingerprint density at radius 2 is 1.97 bits per heavy atom. The van der Waals surface area contributed by atoms with Crippen LogP contribution >= 0.6 is 0 Å². The molecule has 1 heterocycles. The first kappa shape index (κ1) is 29.7. The quantitative estimate of drug-likeness (QED) is 0.357. The summed E-state index contributed by atoms with van der Waals surface area (Å²) in [6, 6.07) is 9.16. The zero-order chi connectivity index (χ0) is 28.4. The number of aliphatic hydroxyl groups is 2. The Kier molecular flexibility index (Phi) is 8.91. The third kappa shape index (κ3) is 6.24. The van der Waals surface area contributed by atoms with Crippen molar-refractivity contribution >= 4 is 15.8 Å². The largest absolute Gasteiger partial charge is 0.461 e. The number of hydrogen-bond donors (Lipinski definition) is 2. The van der Waals surface area contributed by atoms with Crippen LogP contribution in [0.4, 0.5) is 0 Å². The highest BCUT2D eigenvalue weighted by molar-refractivity contribution is 7.88. The lowest BCUT2D eigenvalue weighted by atomic mass is 9.65. The predicted molar refractivity (Wildman–Crippen MR) is 152 cm³/mol. The normalized spacial score (nSPS) is 28.2. The van der Waals surface area contributed by atoms with Gasteiger partial charge in [-0.3, -0.25) is 4.79 Å². The van der Waals surface area contributed by atoms with Crippen LogP contribution in [0.5, 0.6) is 0 Å². The van der Waals surface area contributed by atoms with Gasteiger partial charge in [0.1, 0.15) is 0 Å². The summed E-state index contributed by atoms with van der Waals surface area (Å²) < 4.78 is 32.2. The predicted octanol–water partition coefficient (Wildman–Crippen LogP) is 5.22. The summed E-state index contributed by atoms with van der Waals surface area (Å²) in [5, 5.41) is 23.0. The molecule has 4 atom stereocenters. The van der Waals surface area contributed by atoms with E-state index in [9.17, 15) is 23.4 Å². The van der Waals surface area contributed by atoms with Gasteiger partial charge in [-0.1, -0.05) is 37.6 Å². The monoisotopic (exact) mass is 557 g/mol. The number of sulfonamides is 1. The number of carbonyl (C=O) groups is 1. The molecule has 39 heavy (non-hydrogen) atoms. The van der Waals surface area contributed by atoms with Crippen LogP contribution < -0.4 is 0 Å². The van der Waals surface area contributed by atoms with Crippen molar-refractivity contribution in [1.29, 1.82) is 0 Å². The van der Waals surface area contributed by atoms with E-state index < -0.39 is 27.1 Å². The molecule has 2 aromatic rings. The maximum absolute atomic E-state index is 13.7. The van der Waals surface area contributed by atoms with Crippen LogP contribution in [0, 0.1) is 5.41 Å². The Morgan fingerprint density at radius 1 is 1.21 bits per heavy atom. The van der Waals surface area contributed by atoms with Gasteiger partial charge in [0.2, 0.25) is 15.8 Å². The van der Waals surface area contributed by atoms with Crippen molar-refractivity contribution < 1.29 is 27.8 Å². The second-order valence-corrected chi connectivity index (χ2v) is 13.8. The minimum Gasteiger partial charge on any atom is -0.461 e. The first-order chi connectivity index (χ1) is 18.4. The lowest BCUT2D eigenvalue weighted by Gasteiger charge is -2.45. The molecule has 1 fully saturated rings. The molecule has 0 spiro atoms. The number of benzene rings is 1. The number of allylic oxidation sites excluding steroid dienone is 2. The van der Waals surface area contributed by atoms with E-state index in [2.05, 4.69) is 19.9 Å². The summed E-state index contributed by atoms with van der Waals surface area (Å²) in [5.41, 5.74) is 1.47. The number of carbonyl (C=O) groups excluding carboxylic acids is 1. The Hall–Kier alpha value is -2.26. The second kappa shape index (κ2) is 11.7. The Balaban J connectivity index is 1.85. The standard InChI is InChI=1S/C31H43NO6S/c1-5-17-32(39(4,36)37)21-31(35)16-14-27-25-13-11-23(20-26(25)29(34)28-9-7-18-38-28)19-24(33)12-10-22(2)8-6-15-30(27,31)3/h7-9,11,13,18,20,24,27,33,35H,5-6,10,12,14-17,19,21H2,1-4H3. The van der Waals surface area contributed by atoms with Crippen molar-refractivity contribution in [3.63, 3.8) is 0 Å². The molecule has 0 radical (unpaired) electrons.